The van der Waals surface area contributed by atoms with Gasteiger partial charge in [0.05, 0.1) is 17.2 Å². The number of amides is 2. The van der Waals surface area contributed by atoms with Crippen LogP contribution in [0.15, 0.2) is 108 Å². The lowest BCUT2D eigenvalue weighted by atomic mass is 10.0. The minimum Gasteiger partial charge on any atom is -0.494 e. The van der Waals surface area contributed by atoms with E-state index in [2.05, 4.69) is 5.32 Å². The maximum Gasteiger partial charge on any atom is 0.264 e. The lowest BCUT2D eigenvalue weighted by molar-refractivity contribution is -0.140. The predicted molar refractivity (Wildman–Crippen MR) is 189 cm³/mol. The van der Waals surface area contributed by atoms with Crippen LogP contribution in [0.1, 0.15) is 54.9 Å². The number of carbonyl (C=O) groups is 2. The molecular weight excluding hydrogens is 623 g/mol. The number of ether oxygens (including phenoxy) is 1. The van der Waals surface area contributed by atoms with E-state index in [0.717, 1.165) is 52.2 Å². The third kappa shape index (κ3) is 8.63. The molecule has 48 heavy (non-hydrogen) atoms. The maximum atomic E-state index is 14.7. The topological polar surface area (TPSA) is 96.0 Å². The molecule has 8 nitrogen and oxygen atoms in total. The van der Waals surface area contributed by atoms with Crippen molar-refractivity contribution in [2.75, 3.05) is 17.5 Å². The predicted octanol–water partition coefficient (Wildman–Crippen LogP) is 6.60. The average molecular weight is 668 g/mol. The summed E-state index contributed by atoms with van der Waals surface area (Å²) in [7, 11) is -4.18. The van der Waals surface area contributed by atoms with Crippen LogP contribution in [-0.2, 0) is 32.6 Å². The van der Waals surface area contributed by atoms with Crippen molar-refractivity contribution >= 4 is 27.5 Å². The highest BCUT2D eigenvalue weighted by molar-refractivity contribution is 7.92. The lowest BCUT2D eigenvalue weighted by Gasteiger charge is -2.34. The first kappa shape index (κ1) is 34.7. The van der Waals surface area contributed by atoms with Gasteiger partial charge in [0.1, 0.15) is 18.3 Å². The Morgan fingerprint density at radius 2 is 1.50 bits per heavy atom. The number of nitrogens with zero attached hydrogens (tertiary/aromatic N) is 2. The first-order valence-corrected chi connectivity index (χ1v) is 18.1. The molecule has 4 aromatic carbocycles. The van der Waals surface area contributed by atoms with Gasteiger partial charge in [-0.15, -0.1) is 0 Å². The van der Waals surface area contributed by atoms with E-state index in [9.17, 15) is 18.0 Å². The zero-order valence-electron chi connectivity index (χ0n) is 28.0. The van der Waals surface area contributed by atoms with Gasteiger partial charge >= 0.3 is 0 Å². The van der Waals surface area contributed by atoms with E-state index in [1.54, 1.807) is 53.4 Å². The molecule has 0 saturated heterocycles. The quantitative estimate of drug-likeness (QED) is 0.164. The summed E-state index contributed by atoms with van der Waals surface area (Å²) in [6.45, 7) is 5.83. The zero-order chi connectivity index (χ0) is 34.1. The Morgan fingerprint density at radius 1 is 0.854 bits per heavy atom. The van der Waals surface area contributed by atoms with Crippen LogP contribution in [0.2, 0.25) is 0 Å². The van der Waals surface area contributed by atoms with Crippen LogP contribution in [0.3, 0.4) is 0 Å². The van der Waals surface area contributed by atoms with Crippen LogP contribution in [0, 0.1) is 13.8 Å². The molecule has 1 saturated carbocycles. The number of anilines is 1. The molecule has 1 fully saturated rings. The molecule has 0 heterocycles. The normalized spacial score (nSPS) is 13.9. The van der Waals surface area contributed by atoms with Gasteiger partial charge in [0.15, 0.2) is 0 Å². The van der Waals surface area contributed by atoms with Gasteiger partial charge in [0, 0.05) is 19.0 Å². The molecule has 0 aromatic heterocycles. The second-order valence-electron chi connectivity index (χ2n) is 12.4. The minimum absolute atomic E-state index is 0.0495. The highest BCUT2D eigenvalue weighted by Gasteiger charge is 2.35. The molecule has 4 aromatic rings. The van der Waals surface area contributed by atoms with Crippen molar-refractivity contribution in [3.8, 4) is 5.75 Å². The molecule has 2 amide bonds. The molecular formula is C39H45N3O5S. The summed E-state index contributed by atoms with van der Waals surface area (Å²) >= 11 is 0. The fourth-order valence-electron chi connectivity index (χ4n) is 6.13. The van der Waals surface area contributed by atoms with Gasteiger partial charge in [-0.3, -0.25) is 13.9 Å². The van der Waals surface area contributed by atoms with E-state index < -0.39 is 28.5 Å². The van der Waals surface area contributed by atoms with Gasteiger partial charge in [-0.05, 0) is 86.7 Å². The Balaban J connectivity index is 1.57. The second-order valence-corrected chi connectivity index (χ2v) is 14.3. The fraction of sp³-hybridized carbons (Fsp3) is 0.333. The minimum atomic E-state index is -4.18. The Bertz CT molecular complexity index is 1770. The molecule has 252 valence electrons. The monoisotopic (exact) mass is 667 g/mol. The summed E-state index contributed by atoms with van der Waals surface area (Å²) in [6, 6.07) is 29.8. The van der Waals surface area contributed by atoms with Crippen molar-refractivity contribution in [1.82, 2.24) is 10.2 Å². The molecule has 1 aliphatic carbocycles. The maximum absolute atomic E-state index is 14.7. The number of benzene rings is 4. The summed E-state index contributed by atoms with van der Waals surface area (Å²) in [5.74, 6) is -0.125. The van der Waals surface area contributed by atoms with Gasteiger partial charge in [-0.2, -0.15) is 0 Å². The fourth-order valence-corrected chi connectivity index (χ4v) is 7.55. The van der Waals surface area contributed by atoms with Gasteiger partial charge in [0.2, 0.25) is 11.8 Å². The van der Waals surface area contributed by atoms with Crippen LogP contribution in [0.5, 0.6) is 5.75 Å². The molecule has 0 spiro atoms. The van der Waals surface area contributed by atoms with Crippen LogP contribution in [0.25, 0.3) is 0 Å². The van der Waals surface area contributed by atoms with Gasteiger partial charge in [0.25, 0.3) is 10.0 Å². The Kier molecular flexibility index (Phi) is 11.5. The van der Waals surface area contributed by atoms with Crippen molar-refractivity contribution in [2.45, 2.75) is 76.4 Å². The number of hydrogen-bond acceptors (Lipinski definition) is 5. The van der Waals surface area contributed by atoms with Crippen molar-refractivity contribution in [2.24, 2.45) is 0 Å². The smallest absolute Gasteiger partial charge is 0.264 e. The van der Waals surface area contributed by atoms with E-state index in [1.807, 2.05) is 75.4 Å². The molecule has 0 bridgehead atoms. The molecule has 0 aliphatic heterocycles. The molecule has 5 rings (SSSR count). The highest BCUT2D eigenvalue weighted by Crippen LogP contribution is 2.28. The van der Waals surface area contributed by atoms with Crippen LogP contribution in [-0.4, -0.2) is 50.4 Å². The van der Waals surface area contributed by atoms with Crippen molar-refractivity contribution in [3.63, 3.8) is 0 Å². The zero-order valence-corrected chi connectivity index (χ0v) is 28.8. The first-order chi connectivity index (χ1) is 23.2. The van der Waals surface area contributed by atoms with E-state index in [4.69, 9.17) is 4.74 Å². The summed E-state index contributed by atoms with van der Waals surface area (Å²) in [6.07, 6.45) is 4.18. The van der Waals surface area contributed by atoms with Gasteiger partial charge in [-0.1, -0.05) is 85.1 Å². The van der Waals surface area contributed by atoms with Crippen molar-refractivity contribution in [1.29, 1.82) is 0 Å². The standard InChI is InChI=1S/C39H45N3O5S/c1-4-47-35-22-20-34(21-23-35)42(48(45,46)36-24-18-29(2)19-25-36)28-38(43)41(27-32-15-9-8-12-30(32)3)37(26-31-13-6-5-7-14-31)39(44)40-33-16-10-11-17-33/h5-9,12-15,18-25,33,37H,4,10-11,16-17,26-28H2,1-3H3,(H,40,44)/t37-/m1/s1. The van der Waals surface area contributed by atoms with Crippen LogP contribution < -0.4 is 14.4 Å². The van der Waals surface area contributed by atoms with E-state index in [-0.39, 0.29) is 29.8 Å². The second kappa shape index (κ2) is 16.0. The van der Waals surface area contributed by atoms with Crippen molar-refractivity contribution in [3.05, 3.63) is 125 Å². The molecule has 1 aliphatic rings. The van der Waals surface area contributed by atoms with E-state index >= 15 is 0 Å². The Morgan fingerprint density at radius 3 is 2.15 bits per heavy atom. The van der Waals surface area contributed by atoms with Crippen molar-refractivity contribution < 1.29 is 22.7 Å². The third-order valence-electron chi connectivity index (χ3n) is 8.90. The number of rotatable bonds is 14. The number of carbonyl (C=O) groups excluding carboxylic acids is 2. The highest BCUT2D eigenvalue weighted by atomic mass is 32.2. The van der Waals surface area contributed by atoms with Gasteiger partial charge in [-0.25, -0.2) is 8.42 Å². The third-order valence-corrected chi connectivity index (χ3v) is 10.7. The van der Waals surface area contributed by atoms with Crippen LogP contribution in [0.4, 0.5) is 5.69 Å². The number of nitrogens with one attached hydrogen (secondary N) is 1. The molecule has 0 unspecified atom stereocenters. The number of aryl methyl sites for hydroxylation is 2. The largest absolute Gasteiger partial charge is 0.494 e. The summed E-state index contributed by atoms with van der Waals surface area (Å²) in [5, 5.41) is 3.22. The van der Waals surface area contributed by atoms with Gasteiger partial charge < -0.3 is 15.0 Å². The number of sulfonamides is 1. The average Bonchev–Trinajstić information content (AvgIpc) is 3.60. The summed E-state index contributed by atoms with van der Waals surface area (Å²) in [5.41, 5.74) is 3.99. The SMILES string of the molecule is CCOc1ccc(N(CC(=O)N(Cc2ccccc2C)[C@H](Cc2ccccc2)C(=O)NC2CCCC2)S(=O)(=O)c2ccc(C)cc2)cc1. The number of hydrogen-bond donors (Lipinski definition) is 1. The van der Waals surface area contributed by atoms with E-state index in [1.165, 1.54) is 0 Å². The molecule has 9 heteroatoms. The molecule has 1 N–H and O–H groups in total. The lowest BCUT2D eigenvalue weighted by Crippen LogP contribution is -2.54. The van der Waals surface area contributed by atoms with E-state index in [0.29, 0.717) is 18.0 Å². The summed E-state index contributed by atoms with van der Waals surface area (Å²) < 4.78 is 35.3. The molecule has 1 atom stereocenters. The Hall–Kier alpha value is -4.63. The Labute approximate surface area is 284 Å². The first-order valence-electron chi connectivity index (χ1n) is 16.7. The summed E-state index contributed by atoms with van der Waals surface area (Å²) in [4.78, 5) is 30.5. The van der Waals surface area contributed by atoms with Crippen LogP contribution >= 0.6 is 0 Å². The molecule has 0 radical (unpaired) electrons.